The molecule has 0 saturated carbocycles. The van der Waals surface area contributed by atoms with E-state index in [1.54, 1.807) is 18.6 Å². The molecule has 1 unspecified atom stereocenters. The van der Waals surface area contributed by atoms with Gasteiger partial charge in [0.2, 0.25) is 0 Å². The number of fused-ring (bicyclic) bond motifs is 1. The minimum atomic E-state index is -0.452. The third-order valence-corrected chi connectivity index (χ3v) is 4.03. The number of aromatic nitrogens is 5. The summed E-state index contributed by atoms with van der Waals surface area (Å²) in [6.07, 6.45) is 9.52. The molecule has 0 spiro atoms. The number of rotatable bonds is 3. The summed E-state index contributed by atoms with van der Waals surface area (Å²) in [5.41, 5.74) is 6.70. The van der Waals surface area contributed by atoms with Crippen LogP contribution in [0.15, 0.2) is 37.1 Å². The molecule has 3 aromatic heterocycles. The Balaban J connectivity index is 1.59. The fourth-order valence-electron chi connectivity index (χ4n) is 2.90. The van der Waals surface area contributed by atoms with Crippen LogP contribution in [0.1, 0.15) is 22.8 Å². The van der Waals surface area contributed by atoms with E-state index in [1.165, 1.54) is 6.20 Å². The molecule has 1 aliphatic rings. The smallest absolute Gasteiger partial charge is 0.251 e. The van der Waals surface area contributed by atoms with E-state index in [0.717, 1.165) is 30.8 Å². The van der Waals surface area contributed by atoms with Crippen LogP contribution in [0.3, 0.4) is 0 Å². The Morgan fingerprint density at radius 2 is 2.23 bits per heavy atom. The third kappa shape index (κ3) is 2.00. The molecule has 1 aliphatic heterocycles. The van der Waals surface area contributed by atoms with Crippen LogP contribution in [0.4, 0.5) is 5.82 Å². The van der Waals surface area contributed by atoms with Gasteiger partial charge < -0.3 is 10.6 Å². The molecule has 0 aromatic carbocycles. The van der Waals surface area contributed by atoms with Gasteiger partial charge in [0.05, 0.1) is 24.0 Å². The number of hydrogen-bond donors (Lipinski definition) is 1. The standard InChI is InChI=1S/C14H15N7O/c15-13(22)10-7-18-21(8-10)11-2-5-19(9-11)14-12-1-3-17-20(12)6-4-16-14/h1,3-4,6-8,11H,2,5,9H2,(H2,15,22). The van der Waals surface area contributed by atoms with E-state index in [2.05, 4.69) is 20.1 Å². The Kier molecular flexibility index (Phi) is 2.81. The summed E-state index contributed by atoms with van der Waals surface area (Å²) in [6, 6.07) is 2.16. The van der Waals surface area contributed by atoms with Crippen LogP contribution in [-0.2, 0) is 0 Å². The molecule has 1 saturated heterocycles. The Bertz CT molecular complexity index is 836. The molecule has 8 heteroatoms. The van der Waals surface area contributed by atoms with Crippen LogP contribution in [0, 0.1) is 0 Å². The minimum absolute atomic E-state index is 0.207. The average molecular weight is 297 g/mol. The highest BCUT2D eigenvalue weighted by Crippen LogP contribution is 2.27. The first-order valence-electron chi connectivity index (χ1n) is 7.09. The van der Waals surface area contributed by atoms with E-state index >= 15 is 0 Å². The molecule has 3 aromatic rings. The average Bonchev–Trinajstić information content (AvgIpc) is 3.25. The molecule has 2 N–H and O–H groups in total. The fourth-order valence-corrected chi connectivity index (χ4v) is 2.90. The Hall–Kier alpha value is -2.90. The van der Waals surface area contributed by atoms with Crippen LogP contribution in [0.2, 0.25) is 0 Å². The molecular weight excluding hydrogens is 282 g/mol. The fraction of sp³-hybridized carbons (Fsp3) is 0.286. The second kappa shape index (κ2) is 4.83. The van der Waals surface area contributed by atoms with Gasteiger partial charge in [0.1, 0.15) is 5.52 Å². The maximum Gasteiger partial charge on any atom is 0.251 e. The van der Waals surface area contributed by atoms with Crippen molar-refractivity contribution < 1.29 is 4.79 Å². The predicted molar refractivity (Wildman–Crippen MR) is 79.6 cm³/mol. The number of amides is 1. The molecular formula is C14H15N7O. The van der Waals surface area contributed by atoms with Gasteiger partial charge in [-0.2, -0.15) is 10.2 Å². The van der Waals surface area contributed by atoms with E-state index in [9.17, 15) is 4.79 Å². The molecule has 112 valence electrons. The first kappa shape index (κ1) is 12.8. The van der Waals surface area contributed by atoms with E-state index < -0.39 is 5.91 Å². The van der Waals surface area contributed by atoms with Crippen LogP contribution in [0.5, 0.6) is 0 Å². The summed E-state index contributed by atoms with van der Waals surface area (Å²) in [5.74, 6) is 0.469. The highest BCUT2D eigenvalue weighted by atomic mass is 16.1. The van der Waals surface area contributed by atoms with Crippen molar-refractivity contribution in [1.29, 1.82) is 0 Å². The summed E-state index contributed by atoms with van der Waals surface area (Å²) in [6.45, 7) is 1.67. The minimum Gasteiger partial charge on any atom is -0.366 e. The van der Waals surface area contributed by atoms with Crippen LogP contribution in [0.25, 0.3) is 5.52 Å². The number of primary amides is 1. The first-order chi connectivity index (χ1) is 10.7. The predicted octanol–water partition coefficient (Wildman–Crippen LogP) is 0.476. The topological polar surface area (TPSA) is 94.3 Å². The zero-order chi connectivity index (χ0) is 15.1. The molecule has 1 fully saturated rings. The lowest BCUT2D eigenvalue weighted by molar-refractivity contribution is 0.1000. The summed E-state index contributed by atoms with van der Waals surface area (Å²) in [5, 5.41) is 8.48. The van der Waals surface area contributed by atoms with Crippen LogP contribution < -0.4 is 10.6 Å². The molecule has 4 rings (SSSR count). The van der Waals surface area contributed by atoms with Crippen molar-refractivity contribution in [3.63, 3.8) is 0 Å². The van der Waals surface area contributed by atoms with E-state index in [1.807, 2.05) is 21.5 Å². The van der Waals surface area contributed by atoms with Crippen molar-refractivity contribution in [2.45, 2.75) is 12.5 Å². The lowest BCUT2D eigenvalue weighted by atomic mass is 10.3. The van der Waals surface area contributed by atoms with Gasteiger partial charge in [-0.15, -0.1) is 0 Å². The molecule has 1 amide bonds. The van der Waals surface area contributed by atoms with Gasteiger partial charge in [-0.05, 0) is 12.5 Å². The highest BCUT2D eigenvalue weighted by molar-refractivity contribution is 5.92. The largest absolute Gasteiger partial charge is 0.366 e. The lowest BCUT2D eigenvalue weighted by Gasteiger charge is -2.18. The Morgan fingerprint density at radius 3 is 3.05 bits per heavy atom. The summed E-state index contributed by atoms with van der Waals surface area (Å²) >= 11 is 0. The van der Waals surface area contributed by atoms with E-state index in [4.69, 9.17) is 5.73 Å². The zero-order valence-corrected chi connectivity index (χ0v) is 11.8. The summed E-state index contributed by atoms with van der Waals surface area (Å²) < 4.78 is 3.63. The molecule has 22 heavy (non-hydrogen) atoms. The van der Waals surface area contributed by atoms with Gasteiger partial charge >= 0.3 is 0 Å². The molecule has 4 heterocycles. The first-order valence-corrected chi connectivity index (χ1v) is 7.09. The van der Waals surface area contributed by atoms with Crippen molar-refractivity contribution >= 4 is 17.2 Å². The molecule has 0 radical (unpaired) electrons. The quantitative estimate of drug-likeness (QED) is 0.758. The van der Waals surface area contributed by atoms with Gasteiger partial charge in [-0.3, -0.25) is 9.48 Å². The van der Waals surface area contributed by atoms with Gasteiger partial charge in [0.25, 0.3) is 5.91 Å². The van der Waals surface area contributed by atoms with E-state index in [-0.39, 0.29) is 6.04 Å². The Morgan fingerprint density at radius 1 is 1.32 bits per heavy atom. The van der Waals surface area contributed by atoms with Crippen molar-refractivity contribution in [3.05, 3.63) is 42.6 Å². The van der Waals surface area contributed by atoms with Gasteiger partial charge in [-0.25, -0.2) is 9.50 Å². The second-order valence-electron chi connectivity index (χ2n) is 5.37. The number of hydrogen-bond acceptors (Lipinski definition) is 5. The van der Waals surface area contributed by atoms with Gasteiger partial charge in [0, 0.05) is 31.7 Å². The van der Waals surface area contributed by atoms with Gasteiger partial charge in [0.15, 0.2) is 5.82 Å². The number of carbonyl (C=O) groups excluding carboxylic acids is 1. The zero-order valence-electron chi connectivity index (χ0n) is 11.8. The SMILES string of the molecule is NC(=O)c1cnn(C2CCN(c3nccn4nccc34)C2)c1. The number of nitrogens with two attached hydrogens (primary N) is 1. The molecule has 8 nitrogen and oxygen atoms in total. The maximum absolute atomic E-state index is 11.2. The lowest BCUT2D eigenvalue weighted by Crippen LogP contribution is -2.22. The number of anilines is 1. The van der Waals surface area contributed by atoms with Crippen LogP contribution >= 0.6 is 0 Å². The summed E-state index contributed by atoms with van der Waals surface area (Å²) in [4.78, 5) is 17.9. The summed E-state index contributed by atoms with van der Waals surface area (Å²) in [7, 11) is 0. The van der Waals surface area contributed by atoms with Crippen molar-refractivity contribution in [2.24, 2.45) is 5.73 Å². The molecule has 1 atom stereocenters. The van der Waals surface area contributed by atoms with Crippen molar-refractivity contribution in [2.75, 3.05) is 18.0 Å². The monoisotopic (exact) mass is 297 g/mol. The molecule has 0 bridgehead atoms. The van der Waals surface area contributed by atoms with Crippen molar-refractivity contribution in [3.8, 4) is 0 Å². The third-order valence-electron chi connectivity index (χ3n) is 4.03. The normalized spacial score (nSPS) is 18.2. The molecule has 0 aliphatic carbocycles. The highest BCUT2D eigenvalue weighted by Gasteiger charge is 2.27. The number of nitrogens with zero attached hydrogens (tertiary/aromatic N) is 6. The van der Waals surface area contributed by atoms with Crippen molar-refractivity contribution in [1.82, 2.24) is 24.4 Å². The Labute approximate surface area is 126 Å². The maximum atomic E-state index is 11.2. The number of carbonyl (C=O) groups is 1. The van der Waals surface area contributed by atoms with Gasteiger partial charge in [-0.1, -0.05) is 0 Å². The second-order valence-corrected chi connectivity index (χ2v) is 5.37. The van der Waals surface area contributed by atoms with E-state index in [0.29, 0.717) is 5.56 Å². The van der Waals surface area contributed by atoms with Crippen LogP contribution in [-0.4, -0.2) is 43.4 Å².